The molecular weight excluding hydrogens is 286 g/mol. The van der Waals surface area contributed by atoms with Crippen LogP contribution < -0.4 is 16.7 Å². The fourth-order valence-corrected chi connectivity index (χ4v) is 2.27. The van der Waals surface area contributed by atoms with Crippen LogP contribution >= 0.6 is 11.8 Å². The van der Waals surface area contributed by atoms with E-state index in [0.29, 0.717) is 24.7 Å². The van der Waals surface area contributed by atoms with Gasteiger partial charge in [0.25, 0.3) is 0 Å². The lowest BCUT2D eigenvalue weighted by atomic mass is 10.4. The number of hydrogen-bond donors (Lipinski definition) is 3. The molecule has 0 aliphatic rings. The number of hydrogen-bond acceptors (Lipinski definition) is 6. The molecule has 0 saturated heterocycles. The predicted octanol–water partition coefficient (Wildman–Crippen LogP) is -0.717. The van der Waals surface area contributed by atoms with Crippen LogP contribution in [0.15, 0.2) is 9.95 Å². The van der Waals surface area contributed by atoms with Crippen LogP contribution in [0.4, 0.5) is 4.79 Å². The average Bonchev–Trinajstić information content (AvgIpc) is 2.70. The summed E-state index contributed by atoms with van der Waals surface area (Å²) in [6.45, 7) is 2.52. The number of aromatic amines is 1. The summed E-state index contributed by atoms with van der Waals surface area (Å²) in [6.07, 6.45) is 0.644. The van der Waals surface area contributed by atoms with Gasteiger partial charge in [-0.15, -0.1) is 5.10 Å². The minimum absolute atomic E-state index is 0.355. The zero-order valence-corrected chi connectivity index (χ0v) is 12.0. The lowest BCUT2D eigenvalue weighted by molar-refractivity contribution is -0.119. The second-order valence-electron chi connectivity index (χ2n) is 3.92. The van der Waals surface area contributed by atoms with Gasteiger partial charge in [0.15, 0.2) is 5.16 Å². The summed E-state index contributed by atoms with van der Waals surface area (Å²) in [5.41, 5.74) is 4.51. The number of amides is 3. The molecule has 0 spiro atoms. The molecule has 10 heteroatoms. The number of rotatable bonds is 7. The smallest absolute Gasteiger partial charge is 0.343 e. The Bertz CT molecular complexity index is 526. The molecule has 0 fully saturated rings. The molecular formula is C10H17N5O4S. The number of imide groups is 1. The summed E-state index contributed by atoms with van der Waals surface area (Å²) < 4.78 is 6.33. The summed E-state index contributed by atoms with van der Waals surface area (Å²) in [4.78, 5) is 33.7. The normalized spacial score (nSPS) is 12.1. The van der Waals surface area contributed by atoms with Crippen molar-refractivity contribution < 1.29 is 14.3 Å². The highest BCUT2D eigenvalue weighted by Crippen LogP contribution is 2.19. The van der Waals surface area contributed by atoms with Crippen molar-refractivity contribution in [1.29, 1.82) is 0 Å². The Morgan fingerprint density at radius 1 is 1.60 bits per heavy atom. The molecule has 0 bridgehead atoms. The molecule has 112 valence electrons. The number of methoxy groups -OCH3 is 1. The number of carbonyl (C=O) groups is 2. The SMILES string of the molecule is COCCCn1c(SC(C)C(=O)NC(N)=O)n[nH]c1=O. The number of carbonyl (C=O) groups excluding carboxylic acids is 2. The van der Waals surface area contributed by atoms with Gasteiger partial charge < -0.3 is 10.5 Å². The summed E-state index contributed by atoms with van der Waals surface area (Å²) in [5.74, 6) is -0.540. The number of ether oxygens (including phenoxy) is 1. The molecule has 1 rings (SSSR count). The summed E-state index contributed by atoms with van der Waals surface area (Å²) in [6, 6.07) is -0.915. The van der Waals surface area contributed by atoms with E-state index >= 15 is 0 Å². The van der Waals surface area contributed by atoms with Crippen LogP contribution in [-0.2, 0) is 16.1 Å². The Hall–Kier alpha value is -1.81. The summed E-state index contributed by atoms with van der Waals surface area (Å²) in [7, 11) is 1.57. The highest BCUT2D eigenvalue weighted by atomic mass is 32.2. The van der Waals surface area contributed by atoms with Crippen molar-refractivity contribution in [2.75, 3.05) is 13.7 Å². The lowest BCUT2D eigenvalue weighted by Gasteiger charge is -2.10. The number of aromatic nitrogens is 3. The fraction of sp³-hybridized carbons (Fsp3) is 0.600. The molecule has 0 aliphatic carbocycles. The fourth-order valence-electron chi connectivity index (χ4n) is 1.39. The van der Waals surface area contributed by atoms with Crippen molar-refractivity contribution in [3.05, 3.63) is 10.5 Å². The maximum atomic E-state index is 11.6. The van der Waals surface area contributed by atoms with Gasteiger partial charge in [0.05, 0.1) is 5.25 Å². The third kappa shape index (κ3) is 4.70. The molecule has 3 amide bonds. The molecule has 4 N–H and O–H groups in total. The van der Waals surface area contributed by atoms with Crippen LogP contribution in [-0.4, -0.2) is 45.7 Å². The van der Waals surface area contributed by atoms with E-state index < -0.39 is 17.2 Å². The largest absolute Gasteiger partial charge is 0.385 e. The van der Waals surface area contributed by atoms with Crippen molar-refractivity contribution >= 4 is 23.7 Å². The molecule has 1 aromatic rings. The lowest BCUT2D eigenvalue weighted by Crippen LogP contribution is -2.39. The zero-order valence-electron chi connectivity index (χ0n) is 11.2. The Morgan fingerprint density at radius 2 is 2.30 bits per heavy atom. The first-order valence-electron chi connectivity index (χ1n) is 5.86. The standard InChI is InChI=1S/C10H17N5O4S/c1-6(7(16)12-8(11)17)20-10-14-13-9(18)15(10)4-3-5-19-2/h6H,3-5H2,1-2H3,(H,13,18)(H3,11,12,16,17). The van der Waals surface area contributed by atoms with E-state index in [1.54, 1.807) is 14.0 Å². The molecule has 9 nitrogen and oxygen atoms in total. The molecule has 0 aliphatic heterocycles. The number of nitrogens with one attached hydrogen (secondary N) is 2. The van der Waals surface area contributed by atoms with E-state index in [0.717, 1.165) is 11.8 Å². The highest BCUT2D eigenvalue weighted by molar-refractivity contribution is 8.00. The number of primary amides is 1. The van der Waals surface area contributed by atoms with E-state index in [2.05, 4.69) is 10.2 Å². The zero-order chi connectivity index (χ0) is 15.1. The molecule has 0 saturated carbocycles. The molecule has 1 heterocycles. The van der Waals surface area contributed by atoms with Crippen LogP contribution in [0.1, 0.15) is 13.3 Å². The van der Waals surface area contributed by atoms with E-state index in [4.69, 9.17) is 10.5 Å². The van der Waals surface area contributed by atoms with Crippen LogP contribution in [0.3, 0.4) is 0 Å². The van der Waals surface area contributed by atoms with Gasteiger partial charge in [0, 0.05) is 20.3 Å². The van der Waals surface area contributed by atoms with Crippen molar-refractivity contribution in [3.8, 4) is 0 Å². The van der Waals surface area contributed by atoms with Crippen LogP contribution in [0, 0.1) is 0 Å². The number of H-pyrrole nitrogens is 1. The van der Waals surface area contributed by atoms with Gasteiger partial charge in [-0.05, 0) is 13.3 Å². The van der Waals surface area contributed by atoms with E-state index in [1.165, 1.54) is 4.57 Å². The van der Waals surface area contributed by atoms with E-state index in [-0.39, 0.29) is 5.69 Å². The van der Waals surface area contributed by atoms with Gasteiger partial charge in [-0.3, -0.25) is 14.7 Å². The number of nitrogens with two attached hydrogens (primary N) is 1. The Balaban J connectivity index is 2.69. The molecule has 1 unspecified atom stereocenters. The van der Waals surface area contributed by atoms with Crippen molar-refractivity contribution in [2.24, 2.45) is 5.73 Å². The van der Waals surface area contributed by atoms with Gasteiger partial charge in [0.2, 0.25) is 5.91 Å². The summed E-state index contributed by atoms with van der Waals surface area (Å²) in [5, 5.41) is 7.91. The maximum Gasteiger partial charge on any atom is 0.343 e. The third-order valence-corrected chi connectivity index (χ3v) is 3.44. The van der Waals surface area contributed by atoms with Crippen LogP contribution in [0.2, 0.25) is 0 Å². The molecule has 0 radical (unpaired) electrons. The van der Waals surface area contributed by atoms with Crippen LogP contribution in [0.5, 0.6) is 0 Å². The highest BCUT2D eigenvalue weighted by Gasteiger charge is 2.19. The molecule has 20 heavy (non-hydrogen) atoms. The number of nitrogens with zero attached hydrogens (tertiary/aromatic N) is 2. The minimum Gasteiger partial charge on any atom is -0.385 e. The van der Waals surface area contributed by atoms with E-state index in [1.807, 2.05) is 5.32 Å². The van der Waals surface area contributed by atoms with E-state index in [9.17, 15) is 14.4 Å². The first kappa shape index (κ1) is 16.2. The van der Waals surface area contributed by atoms with Gasteiger partial charge in [-0.1, -0.05) is 11.8 Å². The predicted molar refractivity (Wildman–Crippen MR) is 72.4 cm³/mol. The maximum absolute atomic E-state index is 11.6. The van der Waals surface area contributed by atoms with Gasteiger partial charge in [-0.25, -0.2) is 14.7 Å². The Morgan fingerprint density at radius 3 is 2.90 bits per heavy atom. The monoisotopic (exact) mass is 303 g/mol. The molecule has 1 atom stereocenters. The quantitative estimate of drug-likeness (QED) is 0.450. The molecule has 1 aromatic heterocycles. The second-order valence-corrected chi connectivity index (χ2v) is 5.23. The Labute approximate surface area is 119 Å². The van der Waals surface area contributed by atoms with Gasteiger partial charge in [-0.2, -0.15) is 0 Å². The van der Waals surface area contributed by atoms with Crippen LogP contribution in [0.25, 0.3) is 0 Å². The number of thioether (sulfide) groups is 1. The molecule has 0 aromatic carbocycles. The minimum atomic E-state index is -0.915. The van der Waals surface area contributed by atoms with Crippen molar-refractivity contribution in [1.82, 2.24) is 20.1 Å². The van der Waals surface area contributed by atoms with Crippen molar-refractivity contribution in [2.45, 2.75) is 30.3 Å². The number of urea groups is 1. The Kier molecular flexibility index (Phi) is 6.25. The van der Waals surface area contributed by atoms with Gasteiger partial charge >= 0.3 is 11.7 Å². The second kappa shape index (κ2) is 7.70. The first-order chi connectivity index (χ1) is 9.45. The topological polar surface area (TPSA) is 132 Å². The first-order valence-corrected chi connectivity index (χ1v) is 6.74. The third-order valence-electron chi connectivity index (χ3n) is 2.35. The summed E-state index contributed by atoms with van der Waals surface area (Å²) >= 11 is 1.06. The van der Waals surface area contributed by atoms with Crippen molar-refractivity contribution in [3.63, 3.8) is 0 Å². The average molecular weight is 303 g/mol. The van der Waals surface area contributed by atoms with Gasteiger partial charge in [0.1, 0.15) is 0 Å².